The molecule has 0 amide bonds. The number of thioether (sulfide) groups is 1. The Hall–Kier alpha value is -1.30. The Morgan fingerprint density at radius 2 is 2.05 bits per heavy atom. The second kappa shape index (κ2) is 6.64. The van der Waals surface area contributed by atoms with Gasteiger partial charge in [-0.1, -0.05) is 20.3 Å². The zero-order valence-electron chi connectivity index (χ0n) is 12.9. The smallest absolute Gasteiger partial charge is 0.339 e. The monoisotopic (exact) mass is 309 g/mol. The van der Waals surface area contributed by atoms with Gasteiger partial charge in [-0.05, 0) is 37.5 Å². The molecule has 0 aliphatic heterocycles. The Labute approximate surface area is 129 Å². The minimum atomic E-state index is -0.925. The average Bonchev–Trinajstić information content (AvgIpc) is 2.45. The summed E-state index contributed by atoms with van der Waals surface area (Å²) in [7, 11) is 0. The summed E-state index contributed by atoms with van der Waals surface area (Å²) in [4.78, 5) is 11.6. The Morgan fingerprint density at radius 3 is 2.48 bits per heavy atom. The van der Waals surface area contributed by atoms with Gasteiger partial charge in [0.1, 0.15) is 5.56 Å². The van der Waals surface area contributed by atoms with Crippen molar-refractivity contribution in [2.75, 3.05) is 18.1 Å². The molecule has 116 valence electrons. The molecule has 2 rings (SSSR count). The van der Waals surface area contributed by atoms with E-state index < -0.39 is 5.97 Å². The summed E-state index contributed by atoms with van der Waals surface area (Å²) in [5.74, 6) is -0.511. The quantitative estimate of drug-likeness (QED) is 0.806. The van der Waals surface area contributed by atoms with Crippen LogP contribution in [0.15, 0.2) is 0 Å². The van der Waals surface area contributed by atoms with Crippen LogP contribution in [0.5, 0.6) is 0 Å². The van der Waals surface area contributed by atoms with Crippen molar-refractivity contribution in [1.82, 2.24) is 10.2 Å². The van der Waals surface area contributed by atoms with Crippen LogP contribution in [0, 0.1) is 0 Å². The highest BCUT2D eigenvalue weighted by Gasteiger charge is 2.36. The van der Waals surface area contributed by atoms with Gasteiger partial charge in [-0.25, -0.2) is 4.79 Å². The average molecular weight is 309 g/mol. The van der Waals surface area contributed by atoms with E-state index in [2.05, 4.69) is 21.8 Å². The molecule has 1 aromatic heterocycles. The number of aromatic carboxylic acids is 1. The lowest BCUT2D eigenvalue weighted by Crippen LogP contribution is -2.40. The summed E-state index contributed by atoms with van der Waals surface area (Å²) >= 11 is 1.85. The number of nitrogens with one attached hydrogen (secondary N) is 1. The molecule has 6 heteroatoms. The van der Waals surface area contributed by atoms with Gasteiger partial charge in [-0.2, -0.15) is 16.9 Å². The molecule has 0 atom stereocenters. The molecule has 0 saturated heterocycles. The van der Waals surface area contributed by atoms with Gasteiger partial charge in [0.2, 0.25) is 0 Å². The molecule has 1 saturated carbocycles. The number of hydrogen-bond acceptors (Lipinski definition) is 5. The lowest BCUT2D eigenvalue weighted by atomic mass is 9.84. The summed E-state index contributed by atoms with van der Waals surface area (Å²) < 4.78 is 0.229. The molecule has 0 spiro atoms. The van der Waals surface area contributed by atoms with Crippen LogP contribution in [0.2, 0.25) is 0 Å². The number of rotatable bonds is 7. The van der Waals surface area contributed by atoms with Gasteiger partial charge in [-0.3, -0.25) is 0 Å². The third kappa shape index (κ3) is 3.15. The van der Waals surface area contributed by atoms with Crippen LogP contribution in [0.4, 0.5) is 5.82 Å². The topological polar surface area (TPSA) is 75.1 Å². The van der Waals surface area contributed by atoms with E-state index in [4.69, 9.17) is 0 Å². The van der Waals surface area contributed by atoms with Crippen molar-refractivity contribution < 1.29 is 9.90 Å². The fourth-order valence-corrected chi connectivity index (χ4v) is 3.71. The second-order valence-electron chi connectivity index (χ2n) is 5.46. The van der Waals surface area contributed by atoms with E-state index in [0.717, 1.165) is 17.8 Å². The SMILES string of the molecule is CCc1nnc(NCC2(SC)CCC2)c(C(=O)O)c1CC. The van der Waals surface area contributed by atoms with E-state index in [9.17, 15) is 9.90 Å². The van der Waals surface area contributed by atoms with Crippen LogP contribution < -0.4 is 5.32 Å². The zero-order valence-corrected chi connectivity index (χ0v) is 13.7. The summed E-state index contributed by atoms with van der Waals surface area (Å²) in [6.07, 6.45) is 7.06. The summed E-state index contributed by atoms with van der Waals surface area (Å²) in [5.41, 5.74) is 1.87. The molecule has 0 unspecified atom stereocenters. The molecule has 1 aliphatic carbocycles. The first kappa shape index (κ1) is 16.1. The fraction of sp³-hybridized carbons (Fsp3) is 0.667. The fourth-order valence-electron chi connectivity index (χ4n) is 2.80. The van der Waals surface area contributed by atoms with Gasteiger partial charge in [0.25, 0.3) is 0 Å². The summed E-state index contributed by atoms with van der Waals surface area (Å²) in [5, 5.41) is 21.1. The first-order valence-electron chi connectivity index (χ1n) is 7.47. The van der Waals surface area contributed by atoms with Crippen molar-refractivity contribution in [3.8, 4) is 0 Å². The van der Waals surface area contributed by atoms with E-state index in [1.807, 2.05) is 25.6 Å². The van der Waals surface area contributed by atoms with Crippen LogP contribution in [0.1, 0.15) is 54.7 Å². The normalized spacial score (nSPS) is 16.3. The van der Waals surface area contributed by atoms with Gasteiger partial charge in [-0.15, -0.1) is 5.10 Å². The van der Waals surface area contributed by atoms with Gasteiger partial charge in [0.05, 0.1) is 5.69 Å². The van der Waals surface area contributed by atoms with Crippen molar-refractivity contribution >= 4 is 23.5 Å². The van der Waals surface area contributed by atoms with E-state index >= 15 is 0 Å². The van der Waals surface area contributed by atoms with Crippen molar-refractivity contribution in [3.05, 3.63) is 16.8 Å². The van der Waals surface area contributed by atoms with E-state index in [-0.39, 0.29) is 4.75 Å². The Balaban J connectivity index is 2.28. The Kier molecular flexibility index (Phi) is 5.08. The highest BCUT2D eigenvalue weighted by Crippen LogP contribution is 2.42. The van der Waals surface area contributed by atoms with Crippen LogP contribution >= 0.6 is 11.8 Å². The number of nitrogens with zero attached hydrogens (tertiary/aromatic N) is 2. The second-order valence-corrected chi connectivity index (χ2v) is 6.73. The predicted molar refractivity (Wildman–Crippen MR) is 86.3 cm³/mol. The standard InChI is InChI=1S/C15H23N3O2S/c1-4-10-11(5-2)17-18-13(12(10)14(19)20)16-9-15(21-3)7-6-8-15/h4-9H2,1-3H3,(H,16,18)(H,19,20). The Morgan fingerprint density at radius 1 is 1.33 bits per heavy atom. The van der Waals surface area contributed by atoms with E-state index in [0.29, 0.717) is 24.2 Å². The van der Waals surface area contributed by atoms with Crippen molar-refractivity contribution in [1.29, 1.82) is 0 Å². The molecule has 0 bridgehead atoms. The molecular formula is C15H23N3O2S. The van der Waals surface area contributed by atoms with Gasteiger partial charge in [0.15, 0.2) is 5.82 Å². The zero-order chi connectivity index (χ0) is 15.5. The molecule has 0 radical (unpaired) electrons. The molecule has 1 fully saturated rings. The van der Waals surface area contributed by atoms with Crippen LogP contribution in [-0.2, 0) is 12.8 Å². The van der Waals surface area contributed by atoms with Gasteiger partial charge in [0, 0.05) is 11.3 Å². The Bertz CT molecular complexity index is 524. The maximum absolute atomic E-state index is 11.6. The first-order valence-corrected chi connectivity index (χ1v) is 8.70. The van der Waals surface area contributed by atoms with Crippen molar-refractivity contribution in [3.63, 3.8) is 0 Å². The minimum Gasteiger partial charge on any atom is -0.478 e. The number of carboxylic acid groups (broad SMARTS) is 1. The number of aromatic nitrogens is 2. The highest BCUT2D eigenvalue weighted by atomic mass is 32.2. The van der Waals surface area contributed by atoms with Gasteiger partial charge < -0.3 is 10.4 Å². The van der Waals surface area contributed by atoms with Crippen molar-refractivity contribution in [2.45, 2.75) is 50.7 Å². The summed E-state index contributed by atoms with van der Waals surface area (Å²) in [6.45, 7) is 4.68. The summed E-state index contributed by atoms with van der Waals surface area (Å²) in [6, 6.07) is 0. The lowest BCUT2D eigenvalue weighted by molar-refractivity contribution is 0.0696. The van der Waals surface area contributed by atoms with Crippen LogP contribution in [0.3, 0.4) is 0 Å². The molecule has 1 aromatic rings. The van der Waals surface area contributed by atoms with Crippen LogP contribution in [-0.4, -0.2) is 38.8 Å². The third-order valence-electron chi connectivity index (χ3n) is 4.34. The number of hydrogen-bond donors (Lipinski definition) is 2. The maximum atomic E-state index is 11.6. The van der Waals surface area contributed by atoms with Gasteiger partial charge >= 0.3 is 5.97 Å². The lowest BCUT2D eigenvalue weighted by Gasteiger charge is -2.40. The minimum absolute atomic E-state index is 0.229. The number of aryl methyl sites for hydroxylation is 1. The molecule has 0 aromatic carbocycles. The van der Waals surface area contributed by atoms with E-state index in [1.54, 1.807) is 0 Å². The largest absolute Gasteiger partial charge is 0.478 e. The molecule has 5 nitrogen and oxygen atoms in total. The molecular weight excluding hydrogens is 286 g/mol. The van der Waals surface area contributed by atoms with Crippen molar-refractivity contribution in [2.24, 2.45) is 0 Å². The number of carboxylic acids is 1. The van der Waals surface area contributed by atoms with Crippen LogP contribution in [0.25, 0.3) is 0 Å². The molecule has 1 aliphatic rings. The number of anilines is 1. The third-order valence-corrected chi connectivity index (χ3v) is 5.75. The predicted octanol–water partition coefficient (Wildman–Crippen LogP) is 3.00. The van der Waals surface area contributed by atoms with E-state index in [1.165, 1.54) is 19.3 Å². The molecule has 1 heterocycles. The first-order chi connectivity index (χ1) is 10.1. The highest BCUT2D eigenvalue weighted by molar-refractivity contribution is 8.00. The molecule has 21 heavy (non-hydrogen) atoms. The maximum Gasteiger partial charge on any atom is 0.339 e. The number of carbonyl (C=O) groups is 1. The molecule has 2 N–H and O–H groups in total.